The van der Waals surface area contributed by atoms with Gasteiger partial charge in [0.1, 0.15) is 0 Å². The molecule has 17 heavy (non-hydrogen) atoms. The van der Waals surface area contributed by atoms with E-state index in [0.717, 1.165) is 0 Å². The van der Waals surface area contributed by atoms with Crippen LogP contribution in [0.2, 0.25) is 0 Å². The maximum Gasteiger partial charge on any atom is 0.257 e. The second-order valence-corrected chi connectivity index (χ2v) is 4.60. The first-order valence-electron chi connectivity index (χ1n) is 5.57. The van der Waals surface area contributed by atoms with Crippen LogP contribution in [-0.4, -0.2) is 47.0 Å². The molecule has 1 aliphatic rings. The Morgan fingerprint density at radius 3 is 2.94 bits per heavy atom. The lowest BCUT2D eigenvalue weighted by Gasteiger charge is -2.22. The van der Waals surface area contributed by atoms with Crippen molar-refractivity contribution >= 4 is 11.8 Å². The standard InChI is InChI=1S/C11H16N4O2/c1-11(10(17)12-2)3-4-15(7-11)9(16)8-5-13-14-6-8/h5-6H,3-4,7H2,1-2H3,(H,12,17)(H,13,14). The van der Waals surface area contributed by atoms with Crippen molar-refractivity contribution in [1.29, 1.82) is 0 Å². The molecule has 0 aliphatic carbocycles. The number of likely N-dealkylation sites (tertiary alicyclic amines) is 1. The number of carbonyl (C=O) groups excluding carboxylic acids is 2. The predicted molar refractivity (Wildman–Crippen MR) is 61.3 cm³/mol. The van der Waals surface area contributed by atoms with E-state index in [1.54, 1.807) is 18.1 Å². The normalized spacial score (nSPS) is 23.8. The minimum atomic E-state index is -0.478. The van der Waals surface area contributed by atoms with Crippen LogP contribution in [0, 0.1) is 5.41 Å². The molecule has 92 valence electrons. The predicted octanol–water partition coefficient (Wildman–Crippen LogP) is 0.00790. The maximum atomic E-state index is 12.0. The van der Waals surface area contributed by atoms with Crippen LogP contribution >= 0.6 is 0 Å². The summed E-state index contributed by atoms with van der Waals surface area (Å²) in [5.74, 6) is -0.0913. The zero-order valence-electron chi connectivity index (χ0n) is 9.99. The number of aromatic nitrogens is 2. The van der Waals surface area contributed by atoms with Gasteiger partial charge in [-0.25, -0.2) is 0 Å². The zero-order chi connectivity index (χ0) is 12.5. The monoisotopic (exact) mass is 236 g/mol. The van der Waals surface area contributed by atoms with Crippen molar-refractivity contribution in [2.24, 2.45) is 5.41 Å². The number of nitrogens with zero attached hydrogens (tertiary/aromatic N) is 2. The Morgan fingerprint density at radius 2 is 2.35 bits per heavy atom. The summed E-state index contributed by atoms with van der Waals surface area (Å²) in [4.78, 5) is 25.5. The van der Waals surface area contributed by atoms with Gasteiger partial charge >= 0.3 is 0 Å². The number of hydrogen-bond donors (Lipinski definition) is 2. The largest absolute Gasteiger partial charge is 0.359 e. The molecule has 2 N–H and O–H groups in total. The van der Waals surface area contributed by atoms with E-state index in [4.69, 9.17) is 0 Å². The molecule has 0 saturated carbocycles. The van der Waals surface area contributed by atoms with Gasteiger partial charge in [0.25, 0.3) is 5.91 Å². The van der Waals surface area contributed by atoms with E-state index >= 15 is 0 Å². The third-order valence-corrected chi connectivity index (χ3v) is 3.28. The third kappa shape index (κ3) is 2.02. The fraction of sp³-hybridized carbons (Fsp3) is 0.545. The summed E-state index contributed by atoms with van der Waals surface area (Å²) < 4.78 is 0. The van der Waals surface area contributed by atoms with Crippen LogP contribution in [0.1, 0.15) is 23.7 Å². The SMILES string of the molecule is CNC(=O)C1(C)CCN(C(=O)c2cn[nH]c2)C1. The number of nitrogens with one attached hydrogen (secondary N) is 2. The molecule has 2 amide bonds. The second kappa shape index (κ2) is 4.20. The van der Waals surface area contributed by atoms with Crippen molar-refractivity contribution in [3.8, 4) is 0 Å². The van der Waals surface area contributed by atoms with E-state index in [0.29, 0.717) is 25.1 Å². The molecule has 0 radical (unpaired) electrons. The molecule has 0 aromatic carbocycles. The van der Waals surface area contributed by atoms with Crippen LogP contribution in [0.3, 0.4) is 0 Å². The number of rotatable bonds is 2. The topological polar surface area (TPSA) is 78.1 Å². The molecule has 6 heteroatoms. The van der Waals surface area contributed by atoms with Crippen molar-refractivity contribution in [2.45, 2.75) is 13.3 Å². The van der Waals surface area contributed by atoms with Gasteiger partial charge in [-0.1, -0.05) is 0 Å². The molecule has 1 fully saturated rings. The number of amides is 2. The van der Waals surface area contributed by atoms with Crippen molar-refractivity contribution in [2.75, 3.05) is 20.1 Å². The molecule has 2 rings (SSSR count). The lowest BCUT2D eigenvalue weighted by Crippen LogP contribution is -2.40. The summed E-state index contributed by atoms with van der Waals surface area (Å²) in [6.07, 6.45) is 3.76. The van der Waals surface area contributed by atoms with Crippen LogP contribution < -0.4 is 5.32 Å². The Kier molecular flexibility index (Phi) is 2.87. The van der Waals surface area contributed by atoms with Crippen molar-refractivity contribution in [3.63, 3.8) is 0 Å². The van der Waals surface area contributed by atoms with E-state index in [-0.39, 0.29) is 11.8 Å². The molecule has 1 atom stereocenters. The van der Waals surface area contributed by atoms with Gasteiger partial charge in [-0.15, -0.1) is 0 Å². The lowest BCUT2D eigenvalue weighted by molar-refractivity contribution is -0.128. The molecule has 1 unspecified atom stereocenters. The van der Waals surface area contributed by atoms with Crippen molar-refractivity contribution in [3.05, 3.63) is 18.0 Å². The van der Waals surface area contributed by atoms with E-state index in [9.17, 15) is 9.59 Å². The molecule has 2 heterocycles. The Labute approximate surface area is 99.4 Å². The first kappa shape index (κ1) is 11.6. The quantitative estimate of drug-likeness (QED) is 0.759. The van der Waals surface area contributed by atoms with Crippen LogP contribution in [-0.2, 0) is 4.79 Å². The number of aromatic amines is 1. The molecular weight excluding hydrogens is 220 g/mol. The Balaban J connectivity index is 2.08. The summed E-state index contributed by atoms with van der Waals surface area (Å²) in [6, 6.07) is 0. The highest BCUT2D eigenvalue weighted by molar-refractivity contribution is 5.94. The van der Waals surface area contributed by atoms with Gasteiger partial charge in [-0.2, -0.15) is 5.10 Å². The van der Waals surface area contributed by atoms with Crippen LogP contribution in [0.25, 0.3) is 0 Å². The van der Waals surface area contributed by atoms with Crippen LogP contribution in [0.15, 0.2) is 12.4 Å². The molecule has 1 aromatic heterocycles. The Bertz CT molecular complexity index is 429. The van der Waals surface area contributed by atoms with Crippen LogP contribution in [0.4, 0.5) is 0 Å². The highest BCUT2D eigenvalue weighted by Gasteiger charge is 2.41. The summed E-state index contributed by atoms with van der Waals surface area (Å²) >= 11 is 0. The highest BCUT2D eigenvalue weighted by atomic mass is 16.2. The molecule has 1 saturated heterocycles. The van der Waals surface area contributed by atoms with Gasteiger partial charge in [0.05, 0.1) is 17.2 Å². The summed E-state index contributed by atoms with van der Waals surface area (Å²) in [7, 11) is 1.62. The maximum absolute atomic E-state index is 12.0. The first-order valence-corrected chi connectivity index (χ1v) is 5.57. The minimum Gasteiger partial charge on any atom is -0.359 e. The van der Waals surface area contributed by atoms with E-state index in [2.05, 4.69) is 15.5 Å². The van der Waals surface area contributed by atoms with Gasteiger partial charge in [0, 0.05) is 26.3 Å². The Hall–Kier alpha value is -1.85. The molecule has 0 bridgehead atoms. The summed E-state index contributed by atoms with van der Waals surface area (Å²) in [5, 5.41) is 9.01. The fourth-order valence-corrected chi connectivity index (χ4v) is 2.17. The molecule has 1 aliphatic heterocycles. The van der Waals surface area contributed by atoms with Crippen molar-refractivity contribution < 1.29 is 9.59 Å². The zero-order valence-corrected chi connectivity index (χ0v) is 9.99. The Morgan fingerprint density at radius 1 is 1.59 bits per heavy atom. The fourth-order valence-electron chi connectivity index (χ4n) is 2.17. The number of hydrogen-bond acceptors (Lipinski definition) is 3. The van der Waals surface area contributed by atoms with Crippen LogP contribution in [0.5, 0.6) is 0 Å². The highest BCUT2D eigenvalue weighted by Crippen LogP contribution is 2.30. The van der Waals surface area contributed by atoms with E-state index < -0.39 is 5.41 Å². The van der Waals surface area contributed by atoms with Gasteiger partial charge in [0.15, 0.2) is 0 Å². The lowest BCUT2D eigenvalue weighted by atomic mass is 9.89. The van der Waals surface area contributed by atoms with Gasteiger partial charge in [0.2, 0.25) is 5.91 Å². The smallest absolute Gasteiger partial charge is 0.257 e. The first-order chi connectivity index (χ1) is 8.07. The summed E-state index contributed by atoms with van der Waals surface area (Å²) in [6.45, 7) is 2.94. The van der Waals surface area contributed by atoms with Gasteiger partial charge < -0.3 is 10.2 Å². The van der Waals surface area contributed by atoms with Gasteiger partial charge in [-0.05, 0) is 13.3 Å². The molecule has 6 nitrogen and oxygen atoms in total. The molecule has 1 aromatic rings. The average molecular weight is 236 g/mol. The van der Waals surface area contributed by atoms with Gasteiger partial charge in [-0.3, -0.25) is 14.7 Å². The molecular formula is C11H16N4O2. The second-order valence-electron chi connectivity index (χ2n) is 4.60. The van der Waals surface area contributed by atoms with Crippen molar-refractivity contribution in [1.82, 2.24) is 20.4 Å². The minimum absolute atomic E-state index is 0.0139. The average Bonchev–Trinajstić information content (AvgIpc) is 2.96. The summed E-state index contributed by atoms with van der Waals surface area (Å²) in [5.41, 5.74) is 0.0554. The van der Waals surface area contributed by atoms with E-state index in [1.165, 1.54) is 6.20 Å². The number of carbonyl (C=O) groups is 2. The third-order valence-electron chi connectivity index (χ3n) is 3.28. The molecule has 0 spiro atoms. The van der Waals surface area contributed by atoms with E-state index in [1.807, 2.05) is 6.92 Å². The number of H-pyrrole nitrogens is 1.